The number of amides is 3. The number of hydrogen-bond donors (Lipinski definition) is 0. The molecule has 12 heavy (non-hydrogen) atoms. The quantitative estimate of drug-likeness (QED) is 0.589. The fourth-order valence-electron chi connectivity index (χ4n) is 0.493. The number of nitrogens with zero attached hydrogens (tertiary/aromatic N) is 2. The first-order valence-electron chi connectivity index (χ1n) is 3.90. The molecule has 0 saturated carbocycles. The van der Waals surface area contributed by atoms with Gasteiger partial charge in [0.2, 0.25) is 5.91 Å². The molecular weight excluding hydrogens is 156 g/mol. The van der Waals surface area contributed by atoms with Crippen molar-refractivity contribution in [3.8, 4) is 0 Å². The first-order valence-corrected chi connectivity index (χ1v) is 3.90. The average Bonchev–Trinajstić information content (AvgIpc) is 2.03. The summed E-state index contributed by atoms with van der Waals surface area (Å²) in [4.78, 5) is 26.2. The molecule has 3 amide bonds. The van der Waals surface area contributed by atoms with Crippen molar-refractivity contribution in [1.29, 1.82) is 0 Å². The number of carbonyl (C=O) groups excluding carboxylic acids is 2. The molecule has 0 aromatic carbocycles. The van der Waals surface area contributed by atoms with Crippen molar-refractivity contribution >= 4 is 18.2 Å². The van der Waals surface area contributed by atoms with Crippen molar-refractivity contribution < 1.29 is 9.59 Å². The topological polar surface area (TPSA) is 49.7 Å². The third-order valence-electron chi connectivity index (χ3n) is 1.38. The van der Waals surface area contributed by atoms with E-state index in [1.54, 1.807) is 0 Å². The maximum atomic E-state index is 11.0. The lowest BCUT2D eigenvalue weighted by atomic mass is 10.4. The van der Waals surface area contributed by atoms with Gasteiger partial charge in [-0.1, -0.05) is 13.3 Å². The molecule has 0 aromatic rings. The van der Waals surface area contributed by atoms with Gasteiger partial charge in [0.1, 0.15) is 0 Å². The van der Waals surface area contributed by atoms with Crippen LogP contribution in [0.5, 0.6) is 0 Å². The van der Waals surface area contributed by atoms with Gasteiger partial charge in [-0.15, -0.1) is 0 Å². The second-order valence-corrected chi connectivity index (χ2v) is 2.46. The first kappa shape index (κ1) is 10.8. The molecule has 0 saturated heterocycles. The number of unbranched alkanes of at least 4 members (excludes halogenated alkanes) is 1. The Morgan fingerprint density at radius 3 is 2.50 bits per heavy atom. The fraction of sp³-hybridized carbons (Fsp3) is 0.625. The Morgan fingerprint density at radius 1 is 1.50 bits per heavy atom. The molecule has 0 spiro atoms. The predicted octanol–water partition coefficient (Wildman–Crippen LogP) is 1.46. The van der Waals surface area contributed by atoms with Gasteiger partial charge in [-0.25, -0.2) is 9.79 Å². The highest BCUT2D eigenvalue weighted by atomic mass is 16.2. The maximum Gasteiger partial charge on any atom is 0.349 e. The van der Waals surface area contributed by atoms with E-state index in [9.17, 15) is 9.59 Å². The van der Waals surface area contributed by atoms with Gasteiger partial charge in [-0.2, -0.15) is 0 Å². The standard InChI is InChI=1S/C8H14N2O2/c1-4-5-6-9-8(12)10(3)7(2)11/h6H,4-5H2,1-3H3. The average molecular weight is 170 g/mol. The van der Waals surface area contributed by atoms with Gasteiger partial charge in [0, 0.05) is 20.2 Å². The molecule has 0 unspecified atom stereocenters. The molecule has 0 aliphatic carbocycles. The Kier molecular flexibility index (Phi) is 4.92. The summed E-state index contributed by atoms with van der Waals surface area (Å²) in [5.74, 6) is -0.298. The van der Waals surface area contributed by atoms with Crippen LogP contribution in [0.1, 0.15) is 26.7 Å². The minimum atomic E-state index is -0.504. The van der Waals surface area contributed by atoms with E-state index in [2.05, 4.69) is 4.99 Å². The molecule has 0 rings (SSSR count). The molecule has 0 fully saturated rings. The summed E-state index contributed by atoms with van der Waals surface area (Å²) in [6, 6.07) is -0.504. The van der Waals surface area contributed by atoms with E-state index in [1.165, 1.54) is 20.2 Å². The van der Waals surface area contributed by atoms with Gasteiger partial charge in [0.05, 0.1) is 0 Å². The number of rotatable bonds is 2. The van der Waals surface area contributed by atoms with E-state index < -0.39 is 6.03 Å². The van der Waals surface area contributed by atoms with Crippen LogP contribution in [0.15, 0.2) is 4.99 Å². The molecule has 4 heteroatoms. The monoisotopic (exact) mass is 170 g/mol. The van der Waals surface area contributed by atoms with E-state index in [-0.39, 0.29) is 5.91 Å². The Morgan fingerprint density at radius 2 is 2.08 bits per heavy atom. The third kappa shape index (κ3) is 3.85. The molecule has 0 radical (unpaired) electrons. The summed E-state index contributed by atoms with van der Waals surface area (Å²) >= 11 is 0. The normalized spacial score (nSPS) is 10.2. The minimum Gasteiger partial charge on any atom is -0.275 e. The summed E-state index contributed by atoms with van der Waals surface area (Å²) in [6.07, 6.45) is 3.24. The van der Waals surface area contributed by atoms with Crippen LogP contribution in [-0.4, -0.2) is 30.1 Å². The largest absolute Gasteiger partial charge is 0.349 e. The van der Waals surface area contributed by atoms with Crippen molar-refractivity contribution in [3.05, 3.63) is 0 Å². The van der Waals surface area contributed by atoms with Crippen LogP contribution in [0, 0.1) is 0 Å². The summed E-state index contributed by atoms with van der Waals surface area (Å²) in [5.41, 5.74) is 0. The Labute approximate surface area is 72.3 Å². The smallest absolute Gasteiger partial charge is 0.275 e. The van der Waals surface area contributed by atoms with E-state index in [0.29, 0.717) is 0 Å². The van der Waals surface area contributed by atoms with Crippen LogP contribution in [0.25, 0.3) is 0 Å². The summed E-state index contributed by atoms with van der Waals surface area (Å²) in [6.45, 7) is 3.32. The van der Waals surface area contributed by atoms with Crippen molar-refractivity contribution in [2.75, 3.05) is 7.05 Å². The van der Waals surface area contributed by atoms with E-state index in [1.807, 2.05) is 6.92 Å². The van der Waals surface area contributed by atoms with Gasteiger partial charge >= 0.3 is 6.03 Å². The lowest BCUT2D eigenvalue weighted by Crippen LogP contribution is -2.28. The van der Waals surface area contributed by atoms with Gasteiger partial charge in [-0.3, -0.25) is 9.69 Å². The second-order valence-electron chi connectivity index (χ2n) is 2.46. The molecule has 0 aromatic heterocycles. The van der Waals surface area contributed by atoms with Gasteiger partial charge < -0.3 is 0 Å². The number of imide groups is 1. The molecular formula is C8H14N2O2. The highest BCUT2D eigenvalue weighted by molar-refractivity contribution is 5.96. The van der Waals surface area contributed by atoms with E-state index in [0.717, 1.165) is 17.7 Å². The Balaban J connectivity index is 3.95. The number of carbonyl (C=O) groups is 2. The summed E-state index contributed by atoms with van der Waals surface area (Å²) < 4.78 is 0. The molecule has 68 valence electrons. The van der Waals surface area contributed by atoms with Crippen LogP contribution in [-0.2, 0) is 4.79 Å². The number of hydrogen-bond acceptors (Lipinski definition) is 2. The third-order valence-corrected chi connectivity index (χ3v) is 1.38. The number of aliphatic imine (C=N–C) groups is 1. The molecule has 0 aliphatic heterocycles. The van der Waals surface area contributed by atoms with Crippen LogP contribution in [0.3, 0.4) is 0 Å². The SMILES string of the molecule is CCCC=NC(=O)N(C)C(C)=O. The van der Waals surface area contributed by atoms with Crippen molar-refractivity contribution in [1.82, 2.24) is 4.90 Å². The molecule has 4 nitrogen and oxygen atoms in total. The van der Waals surface area contributed by atoms with Crippen LogP contribution >= 0.6 is 0 Å². The lowest BCUT2D eigenvalue weighted by molar-refractivity contribution is -0.124. The van der Waals surface area contributed by atoms with Crippen molar-refractivity contribution in [2.45, 2.75) is 26.7 Å². The maximum absolute atomic E-state index is 11.0. The molecule has 0 aliphatic rings. The molecule has 0 heterocycles. The van der Waals surface area contributed by atoms with Gasteiger partial charge in [-0.05, 0) is 6.42 Å². The highest BCUT2D eigenvalue weighted by Crippen LogP contribution is 1.90. The summed E-state index contributed by atoms with van der Waals surface area (Å²) in [7, 11) is 1.41. The second kappa shape index (κ2) is 5.46. The number of urea groups is 1. The molecule has 0 bridgehead atoms. The zero-order valence-corrected chi connectivity index (χ0v) is 7.70. The minimum absolute atomic E-state index is 0.298. The van der Waals surface area contributed by atoms with Gasteiger partial charge in [0.15, 0.2) is 0 Å². The fourth-order valence-corrected chi connectivity index (χ4v) is 0.493. The molecule has 0 atom stereocenters. The van der Waals surface area contributed by atoms with Gasteiger partial charge in [0.25, 0.3) is 0 Å². The Bertz CT molecular complexity index is 199. The van der Waals surface area contributed by atoms with Crippen LogP contribution in [0.4, 0.5) is 4.79 Å². The highest BCUT2D eigenvalue weighted by Gasteiger charge is 2.09. The van der Waals surface area contributed by atoms with Crippen LogP contribution in [0.2, 0.25) is 0 Å². The zero-order valence-electron chi connectivity index (χ0n) is 7.70. The van der Waals surface area contributed by atoms with E-state index >= 15 is 0 Å². The lowest BCUT2D eigenvalue weighted by Gasteiger charge is -2.07. The van der Waals surface area contributed by atoms with Crippen LogP contribution < -0.4 is 0 Å². The first-order chi connectivity index (χ1) is 5.59. The van der Waals surface area contributed by atoms with E-state index in [4.69, 9.17) is 0 Å². The Hall–Kier alpha value is -1.19. The molecule has 0 N–H and O–H groups in total. The zero-order chi connectivity index (χ0) is 9.56. The van der Waals surface area contributed by atoms with Crippen molar-refractivity contribution in [3.63, 3.8) is 0 Å². The van der Waals surface area contributed by atoms with Crippen molar-refractivity contribution in [2.24, 2.45) is 4.99 Å². The predicted molar refractivity (Wildman–Crippen MR) is 47.2 cm³/mol. The summed E-state index contributed by atoms with van der Waals surface area (Å²) in [5, 5.41) is 0.